The average Bonchev–Trinajstić information content (AvgIpc) is 2.15. The van der Waals surface area contributed by atoms with Crippen LogP contribution in [0.3, 0.4) is 0 Å². The summed E-state index contributed by atoms with van der Waals surface area (Å²) in [5.74, 6) is 0.492. The van der Waals surface area contributed by atoms with Crippen molar-refractivity contribution in [1.82, 2.24) is 0 Å². The van der Waals surface area contributed by atoms with Crippen LogP contribution in [0.1, 0.15) is 0 Å². The molecule has 0 radical (unpaired) electrons. The molecule has 0 saturated heterocycles. The summed E-state index contributed by atoms with van der Waals surface area (Å²) in [6.07, 6.45) is 0. The molecule has 1 rings (SSSR count). The van der Waals surface area contributed by atoms with Gasteiger partial charge >= 0.3 is 0 Å². The van der Waals surface area contributed by atoms with E-state index in [4.69, 9.17) is 5.11 Å². The lowest BCUT2D eigenvalue weighted by Crippen LogP contribution is -1.87. The predicted molar refractivity (Wildman–Crippen MR) is 55.6 cm³/mol. The van der Waals surface area contributed by atoms with E-state index in [-0.39, 0.29) is 11.4 Å². The van der Waals surface area contributed by atoms with Crippen LogP contribution in [-0.4, -0.2) is 15.8 Å². The average molecular weight is 211 g/mol. The molecule has 14 heavy (non-hydrogen) atoms. The molecule has 0 aliphatic rings. The summed E-state index contributed by atoms with van der Waals surface area (Å²) >= 11 is 1.38. The molecule has 1 aromatic rings. The van der Waals surface area contributed by atoms with Crippen LogP contribution in [0.25, 0.3) is 0 Å². The molecule has 0 amide bonds. The van der Waals surface area contributed by atoms with E-state index in [0.717, 1.165) is 4.90 Å². The summed E-state index contributed by atoms with van der Waals surface area (Å²) in [6.45, 7) is 3.34. The molecule has 0 bridgehead atoms. The SMILES string of the molecule is C=C(O)CSc1ccc([N+](=O)[O-])cc1. The number of aliphatic hydroxyl groups excluding tert-OH is 1. The maximum Gasteiger partial charge on any atom is 0.269 e. The van der Waals surface area contributed by atoms with E-state index in [9.17, 15) is 10.1 Å². The van der Waals surface area contributed by atoms with Crippen LogP contribution in [0.2, 0.25) is 0 Å². The van der Waals surface area contributed by atoms with Crippen molar-refractivity contribution in [1.29, 1.82) is 0 Å². The third-order valence-electron chi connectivity index (χ3n) is 1.45. The number of hydrogen-bond acceptors (Lipinski definition) is 4. The van der Waals surface area contributed by atoms with Gasteiger partial charge in [-0.2, -0.15) is 0 Å². The van der Waals surface area contributed by atoms with E-state index in [0.29, 0.717) is 5.75 Å². The number of rotatable bonds is 4. The molecule has 0 saturated carbocycles. The van der Waals surface area contributed by atoms with Crippen LogP contribution in [0.4, 0.5) is 5.69 Å². The first kappa shape index (κ1) is 10.6. The third kappa shape index (κ3) is 3.10. The quantitative estimate of drug-likeness (QED) is 0.360. The van der Waals surface area contributed by atoms with Crippen LogP contribution >= 0.6 is 11.8 Å². The largest absolute Gasteiger partial charge is 0.512 e. The minimum absolute atomic E-state index is 0.0668. The van der Waals surface area contributed by atoms with Gasteiger partial charge in [0.15, 0.2) is 0 Å². The molecule has 0 aliphatic heterocycles. The Bertz CT molecular complexity index is 348. The van der Waals surface area contributed by atoms with Crippen LogP contribution < -0.4 is 0 Å². The van der Waals surface area contributed by atoms with E-state index in [1.807, 2.05) is 0 Å². The van der Waals surface area contributed by atoms with Crippen LogP contribution in [-0.2, 0) is 0 Å². The highest BCUT2D eigenvalue weighted by Crippen LogP contribution is 2.22. The van der Waals surface area contributed by atoms with E-state index in [1.165, 1.54) is 23.9 Å². The smallest absolute Gasteiger partial charge is 0.269 e. The molecular weight excluding hydrogens is 202 g/mol. The van der Waals surface area contributed by atoms with Gasteiger partial charge in [0.25, 0.3) is 5.69 Å². The van der Waals surface area contributed by atoms with Crippen molar-refractivity contribution in [2.45, 2.75) is 4.90 Å². The van der Waals surface area contributed by atoms with E-state index in [2.05, 4.69) is 6.58 Å². The highest BCUT2D eigenvalue weighted by atomic mass is 32.2. The van der Waals surface area contributed by atoms with Gasteiger partial charge in [0.05, 0.1) is 16.4 Å². The molecule has 0 fully saturated rings. The van der Waals surface area contributed by atoms with Crippen LogP contribution in [0.5, 0.6) is 0 Å². The maximum atomic E-state index is 10.3. The van der Waals surface area contributed by atoms with E-state index in [1.54, 1.807) is 12.1 Å². The second-order valence-corrected chi connectivity index (χ2v) is 3.65. The fourth-order valence-corrected chi connectivity index (χ4v) is 1.49. The van der Waals surface area contributed by atoms with Crippen molar-refractivity contribution in [3.05, 3.63) is 46.7 Å². The van der Waals surface area contributed by atoms with Gasteiger partial charge in [-0.3, -0.25) is 10.1 Å². The highest BCUT2D eigenvalue weighted by Gasteiger charge is 2.03. The zero-order valence-electron chi connectivity index (χ0n) is 7.34. The number of aliphatic hydroxyl groups is 1. The summed E-state index contributed by atoms with van der Waals surface area (Å²) in [7, 11) is 0. The number of nitrogens with zero attached hydrogens (tertiary/aromatic N) is 1. The normalized spacial score (nSPS) is 9.71. The molecule has 74 valence electrons. The number of non-ortho nitro benzene ring substituents is 1. The first-order valence-electron chi connectivity index (χ1n) is 3.83. The van der Waals surface area contributed by atoms with Crippen molar-refractivity contribution < 1.29 is 10.0 Å². The lowest BCUT2D eigenvalue weighted by Gasteiger charge is -1.99. The van der Waals surface area contributed by atoms with Gasteiger partial charge in [-0.25, -0.2) is 0 Å². The lowest BCUT2D eigenvalue weighted by molar-refractivity contribution is -0.384. The number of hydrogen-bond donors (Lipinski definition) is 1. The van der Waals surface area contributed by atoms with Gasteiger partial charge < -0.3 is 5.11 Å². The highest BCUT2D eigenvalue weighted by molar-refractivity contribution is 7.99. The predicted octanol–water partition coefficient (Wildman–Crippen LogP) is 2.76. The molecule has 0 spiro atoms. The second kappa shape index (κ2) is 4.66. The van der Waals surface area contributed by atoms with Gasteiger partial charge in [-0.05, 0) is 12.1 Å². The number of nitro groups is 1. The number of nitro benzene ring substituents is 1. The van der Waals surface area contributed by atoms with E-state index < -0.39 is 4.92 Å². The van der Waals surface area contributed by atoms with Crippen molar-refractivity contribution in [2.24, 2.45) is 0 Å². The summed E-state index contributed by atoms with van der Waals surface area (Å²) in [4.78, 5) is 10.7. The van der Waals surface area contributed by atoms with Gasteiger partial charge in [-0.15, -0.1) is 11.8 Å². The molecule has 5 heteroatoms. The number of thioether (sulfide) groups is 1. The summed E-state index contributed by atoms with van der Waals surface area (Å²) in [5, 5.41) is 19.2. The lowest BCUT2D eigenvalue weighted by atomic mass is 10.3. The Hall–Kier alpha value is -1.49. The van der Waals surface area contributed by atoms with Crippen molar-refractivity contribution in [3.63, 3.8) is 0 Å². The Kier molecular flexibility index (Phi) is 3.53. The molecule has 0 atom stereocenters. The van der Waals surface area contributed by atoms with Crippen molar-refractivity contribution in [3.8, 4) is 0 Å². The van der Waals surface area contributed by atoms with Gasteiger partial charge in [0.1, 0.15) is 0 Å². The van der Waals surface area contributed by atoms with Gasteiger partial charge in [0.2, 0.25) is 0 Å². The van der Waals surface area contributed by atoms with Crippen molar-refractivity contribution in [2.75, 3.05) is 5.75 Å². The van der Waals surface area contributed by atoms with Crippen LogP contribution in [0, 0.1) is 10.1 Å². The fraction of sp³-hybridized carbons (Fsp3) is 0.111. The minimum atomic E-state index is -0.445. The summed E-state index contributed by atoms with van der Waals surface area (Å²) in [5.41, 5.74) is 0.0668. The zero-order chi connectivity index (χ0) is 10.6. The number of benzene rings is 1. The Morgan fingerprint density at radius 1 is 1.50 bits per heavy atom. The molecule has 0 unspecified atom stereocenters. The fourth-order valence-electron chi connectivity index (χ4n) is 0.831. The van der Waals surface area contributed by atoms with Gasteiger partial charge in [0, 0.05) is 17.0 Å². The molecular formula is C9H9NO3S. The molecule has 4 nitrogen and oxygen atoms in total. The monoisotopic (exact) mass is 211 g/mol. The van der Waals surface area contributed by atoms with Crippen molar-refractivity contribution >= 4 is 17.4 Å². The minimum Gasteiger partial charge on any atom is -0.512 e. The summed E-state index contributed by atoms with van der Waals surface area (Å²) < 4.78 is 0. The molecule has 0 aromatic heterocycles. The Labute approximate surface area is 85.4 Å². The molecule has 1 aromatic carbocycles. The van der Waals surface area contributed by atoms with Gasteiger partial charge in [-0.1, -0.05) is 6.58 Å². The first-order valence-corrected chi connectivity index (χ1v) is 4.82. The maximum absolute atomic E-state index is 10.3. The standard InChI is InChI=1S/C9H9NO3S/c1-7(11)6-14-9-4-2-8(3-5-9)10(12)13/h2-5,11H,1,6H2. The summed E-state index contributed by atoms with van der Waals surface area (Å²) in [6, 6.07) is 6.16. The molecule has 0 aliphatic carbocycles. The topological polar surface area (TPSA) is 63.4 Å². The van der Waals surface area contributed by atoms with Crippen LogP contribution in [0.15, 0.2) is 41.5 Å². The first-order chi connectivity index (χ1) is 6.59. The third-order valence-corrected chi connectivity index (χ3v) is 2.54. The Morgan fingerprint density at radius 3 is 2.50 bits per heavy atom. The van der Waals surface area contributed by atoms with E-state index >= 15 is 0 Å². The second-order valence-electron chi connectivity index (χ2n) is 2.61. The molecule has 0 heterocycles. The Balaban J connectivity index is 2.64. The zero-order valence-corrected chi connectivity index (χ0v) is 8.16. The molecule has 1 N–H and O–H groups in total. The Morgan fingerprint density at radius 2 is 2.07 bits per heavy atom.